The summed E-state index contributed by atoms with van der Waals surface area (Å²) in [6.45, 7) is 4.23. The van der Waals surface area contributed by atoms with Gasteiger partial charge in [-0.2, -0.15) is 0 Å². The maximum absolute atomic E-state index is 12.8. The van der Waals surface area contributed by atoms with Crippen molar-refractivity contribution in [2.75, 3.05) is 33.4 Å². The first-order valence-corrected chi connectivity index (χ1v) is 9.59. The third-order valence-electron chi connectivity index (χ3n) is 6.25. The Balaban J connectivity index is 1.91. The van der Waals surface area contributed by atoms with Crippen LogP contribution in [-0.4, -0.2) is 60.8 Å². The molecule has 7 heteroatoms. The van der Waals surface area contributed by atoms with Crippen LogP contribution in [0.3, 0.4) is 0 Å². The van der Waals surface area contributed by atoms with E-state index in [1.165, 1.54) is 7.11 Å². The number of rotatable bonds is 6. The van der Waals surface area contributed by atoms with Crippen LogP contribution in [0.15, 0.2) is 30.3 Å². The van der Waals surface area contributed by atoms with Gasteiger partial charge in [0.2, 0.25) is 6.04 Å². The number of hydrogen-bond donors (Lipinski definition) is 0. The first-order valence-electron chi connectivity index (χ1n) is 9.59. The van der Waals surface area contributed by atoms with E-state index in [0.717, 1.165) is 12.0 Å². The van der Waals surface area contributed by atoms with Crippen molar-refractivity contribution in [2.24, 2.45) is 5.92 Å². The lowest BCUT2D eigenvalue weighted by Gasteiger charge is -2.41. The van der Waals surface area contributed by atoms with Crippen LogP contribution >= 0.6 is 0 Å². The first kappa shape index (κ1) is 19.8. The predicted octanol–water partition coefficient (Wildman–Crippen LogP) is 2.48. The molecular formula is C20H28N2O5. The van der Waals surface area contributed by atoms with Crippen LogP contribution in [0.25, 0.3) is 0 Å². The number of benzene rings is 1. The Bertz CT molecular complexity index is 662. The van der Waals surface area contributed by atoms with E-state index in [-0.39, 0.29) is 22.7 Å². The number of esters is 1. The van der Waals surface area contributed by atoms with Crippen molar-refractivity contribution in [1.29, 1.82) is 0 Å². The lowest BCUT2D eigenvalue weighted by molar-refractivity contribution is -0.524. The molecule has 148 valence electrons. The fraction of sp³-hybridized carbons (Fsp3) is 0.650. The molecule has 1 aromatic rings. The van der Waals surface area contributed by atoms with Gasteiger partial charge < -0.3 is 9.47 Å². The number of morpholine rings is 1. The van der Waals surface area contributed by atoms with Gasteiger partial charge >= 0.3 is 5.97 Å². The zero-order chi connectivity index (χ0) is 19.4. The molecule has 1 aliphatic heterocycles. The molecular weight excluding hydrogens is 348 g/mol. The Hall–Kier alpha value is -1.99. The second-order valence-corrected chi connectivity index (χ2v) is 7.59. The van der Waals surface area contributed by atoms with Gasteiger partial charge in [0.25, 0.3) is 0 Å². The molecule has 0 amide bonds. The number of ether oxygens (including phenoxy) is 2. The van der Waals surface area contributed by atoms with E-state index >= 15 is 0 Å². The van der Waals surface area contributed by atoms with Gasteiger partial charge in [0.05, 0.1) is 26.2 Å². The van der Waals surface area contributed by atoms with E-state index in [9.17, 15) is 14.9 Å². The lowest BCUT2D eigenvalue weighted by Crippen LogP contribution is -2.57. The van der Waals surface area contributed by atoms with E-state index in [1.54, 1.807) is 6.92 Å². The van der Waals surface area contributed by atoms with Gasteiger partial charge in [-0.25, -0.2) is 0 Å². The summed E-state index contributed by atoms with van der Waals surface area (Å²) in [6, 6.07) is 8.95. The summed E-state index contributed by atoms with van der Waals surface area (Å²) < 4.78 is 10.6. The molecule has 1 aliphatic carbocycles. The standard InChI is InChI=1S/C20H28N2O5/c1-15(22(24)25)18(16-6-4-3-5-7-16)17-8-9-20(14-17,19(23)26-2)21-10-12-27-13-11-21/h3-7,15,17-18H,8-14H2,1-2H3/t15-,17-,18+,20-/m1/s1. The number of methoxy groups -OCH3 is 1. The van der Waals surface area contributed by atoms with Crippen molar-refractivity contribution in [3.05, 3.63) is 46.0 Å². The van der Waals surface area contributed by atoms with Crippen molar-refractivity contribution >= 4 is 5.97 Å². The summed E-state index contributed by atoms with van der Waals surface area (Å²) in [6.07, 6.45) is 2.01. The van der Waals surface area contributed by atoms with Crippen LogP contribution in [-0.2, 0) is 14.3 Å². The minimum Gasteiger partial charge on any atom is -0.468 e. The van der Waals surface area contributed by atoms with Crippen molar-refractivity contribution in [3.63, 3.8) is 0 Å². The fourth-order valence-corrected chi connectivity index (χ4v) is 4.90. The van der Waals surface area contributed by atoms with Crippen molar-refractivity contribution in [2.45, 2.75) is 43.7 Å². The highest BCUT2D eigenvalue weighted by Crippen LogP contribution is 2.47. The van der Waals surface area contributed by atoms with Crippen LogP contribution in [0.2, 0.25) is 0 Å². The molecule has 0 aromatic heterocycles. The molecule has 3 rings (SSSR count). The highest BCUT2D eigenvalue weighted by atomic mass is 16.6. The van der Waals surface area contributed by atoms with Gasteiger partial charge in [-0.1, -0.05) is 30.3 Å². The van der Waals surface area contributed by atoms with Crippen LogP contribution in [0.5, 0.6) is 0 Å². The molecule has 2 fully saturated rings. The molecule has 0 N–H and O–H groups in total. The zero-order valence-corrected chi connectivity index (χ0v) is 16.0. The Kier molecular flexibility index (Phi) is 6.11. The summed E-state index contributed by atoms with van der Waals surface area (Å²) in [5, 5.41) is 11.6. The largest absolute Gasteiger partial charge is 0.468 e. The average Bonchev–Trinajstić information content (AvgIpc) is 3.15. The van der Waals surface area contributed by atoms with Crippen LogP contribution in [0, 0.1) is 16.0 Å². The van der Waals surface area contributed by atoms with Gasteiger partial charge in [0.15, 0.2) is 0 Å². The van der Waals surface area contributed by atoms with Gasteiger partial charge in [-0.05, 0) is 30.7 Å². The summed E-state index contributed by atoms with van der Waals surface area (Å²) in [5.41, 5.74) is 0.265. The van der Waals surface area contributed by atoms with Crippen molar-refractivity contribution < 1.29 is 19.2 Å². The topological polar surface area (TPSA) is 81.9 Å². The van der Waals surface area contributed by atoms with E-state index in [2.05, 4.69) is 4.90 Å². The second-order valence-electron chi connectivity index (χ2n) is 7.59. The van der Waals surface area contributed by atoms with E-state index in [0.29, 0.717) is 39.1 Å². The minimum absolute atomic E-state index is 0.0507. The SMILES string of the molecule is COC(=O)[C@@]1(N2CCOCC2)CC[C@@H]([C@H](c2ccccc2)[C@@H](C)[N+](=O)[O-])C1. The Morgan fingerprint density at radius 1 is 1.33 bits per heavy atom. The van der Waals surface area contributed by atoms with Gasteiger partial charge in [0, 0.05) is 24.9 Å². The Labute approximate surface area is 159 Å². The van der Waals surface area contributed by atoms with E-state index in [1.807, 2.05) is 30.3 Å². The minimum atomic E-state index is -0.712. The molecule has 1 saturated carbocycles. The molecule has 1 saturated heterocycles. The van der Waals surface area contributed by atoms with E-state index in [4.69, 9.17) is 9.47 Å². The second kappa shape index (κ2) is 8.35. The molecule has 7 nitrogen and oxygen atoms in total. The Morgan fingerprint density at radius 2 is 2.00 bits per heavy atom. The molecule has 27 heavy (non-hydrogen) atoms. The maximum Gasteiger partial charge on any atom is 0.326 e. The predicted molar refractivity (Wildman–Crippen MR) is 100 cm³/mol. The van der Waals surface area contributed by atoms with Gasteiger partial charge in [0.1, 0.15) is 5.54 Å². The molecule has 4 atom stereocenters. The smallest absolute Gasteiger partial charge is 0.326 e. The lowest BCUT2D eigenvalue weighted by atomic mass is 9.79. The molecule has 0 bridgehead atoms. The van der Waals surface area contributed by atoms with Gasteiger partial charge in [-0.15, -0.1) is 0 Å². The van der Waals surface area contributed by atoms with Crippen molar-refractivity contribution in [3.8, 4) is 0 Å². The highest BCUT2D eigenvalue weighted by molar-refractivity contribution is 5.81. The number of carbonyl (C=O) groups excluding carboxylic acids is 1. The quantitative estimate of drug-likeness (QED) is 0.431. The number of nitrogens with zero attached hydrogens (tertiary/aromatic N) is 2. The molecule has 1 heterocycles. The highest BCUT2D eigenvalue weighted by Gasteiger charge is 2.54. The van der Waals surface area contributed by atoms with Crippen LogP contribution in [0.1, 0.15) is 37.7 Å². The number of carbonyl (C=O) groups is 1. The molecule has 0 unspecified atom stereocenters. The fourth-order valence-electron chi connectivity index (χ4n) is 4.90. The monoisotopic (exact) mass is 376 g/mol. The van der Waals surface area contributed by atoms with Crippen LogP contribution < -0.4 is 0 Å². The zero-order valence-electron chi connectivity index (χ0n) is 16.0. The summed E-state index contributed by atoms with van der Waals surface area (Å²) in [5.74, 6) is -0.406. The number of nitro groups is 1. The van der Waals surface area contributed by atoms with Gasteiger partial charge in [-0.3, -0.25) is 19.8 Å². The normalized spacial score (nSPS) is 28.4. The summed E-state index contributed by atoms with van der Waals surface area (Å²) in [4.78, 5) is 26.4. The molecule has 2 aliphatic rings. The average molecular weight is 376 g/mol. The third-order valence-corrected chi connectivity index (χ3v) is 6.25. The molecule has 1 aromatic carbocycles. The first-order chi connectivity index (χ1) is 13.0. The summed E-state index contributed by atoms with van der Waals surface area (Å²) >= 11 is 0. The van der Waals surface area contributed by atoms with E-state index < -0.39 is 11.6 Å². The Morgan fingerprint density at radius 3 is 2.59 bits per heavy atom. The third kappa shape index (κ3) is 3.84. The van der Waals surface area contributed by atoms with Crippen molar-refractivity contribution in [1.82, 2.24) is 4.90 Å². The summed E-state index contributed by atoms with van der Waals surface area (Å²) in [7, 11) is 1.42. The maximum atomic E-state index is 12.8. The number of hydrogen-bond acceptors (Lipinski definition) is 6. The molecule has 0 radical (unpaired) electrons. The molecule has 0 spiro atoms. The van der Waals surface area contributed by atoms with Crippen LogP contribution in [0.4, 0.5) is 0 Å².